The van der Waals surface area contributed by atoms with E-state index in [4.69, 9.17) is 0 Å². The molecule has 0 aromatic heterocycles. The molecule has 23 heavy (non-hydrogen) atoms. The van der Waals surface area contributed by atoms with E-state index in [1.165, 1.54) is 25.8 Å². The molecule has 3 aliphatic rings. The Hall–Kier alpha value is -1.88. The smallest absolute Gasteiger partial charge is 0.228 e. The Morgan fingerprint density at radius 2 is 2.13 bits per heavy atom. The number of hydrogen-bond acceptors (Lipinski definition) is 3. The Kier molecular flexibility index (Phi) is 3.81. The van der Waals surface area contributed by atoms with Crippen molar-refractivity contribution in [3.05, 3.63) is 29.3 Å². The maximum atomic E-state index is 12.6. The Labute approximate surface area is 136 Å². The average molecular weight is 313 g/mol. The second-order valence-corrected chi connectivity index (χ2v) is 6.92. The maximum absolute atomic E-state index is 12.6. The molecule has 1 aromatic carbocycles. The highest BCUT2D eigenvalue weighted by Gasteiger charge is 2.31. The van der Waals surface area contributed by atoms with Crippen molar-refractivity contribution in [3.8, 4) is 0 Å². The molecule has 1 aromatic rings. The Bertz CT molecular complexity index is 643. The lowest BCUT2D eigenvalue weighted by Gasteiger charge is -2.44. The van der Waals surface area contributed by atoms with Crippen LogP contribution in [0, 0.1) is 0 Å². The number of rotatable bonds is 2. The van der Waals surface area contributed by atoms with Gasteiger partial charge < -0.3 is 10.2 Å². The van der Waals surface area contributed by atoms with E-state index in [9.17, 15) is 9.59 Å². The predicted octanol–water partition coefficient (Wildman–Crippen LogP) is 1.42. The zero-order valence-corrected chi connectivity index (χ0v) is 13.4. The number of carbonyl (C=O) groups is 2. The van der Waals surface area contributed by atoms with Crippen LogP contribution in [-0.4, -0.2) is 53.8 Å². The minimum absolute atomic E-state index is 0.0388. The molecule has 0 aliphatic carbocycles. The molecule has 2 amide bonds. The molecule has 122 valence electrons. The number of piperazine rings is 1. The summed E-state index contributed by atoms with van der Waals surface area (Å²) in [6.45, 7) is 3.92. The van der Waals surface area contributed by atoms with Crippen LogP contribution in [0.1, 0.15) is 30.4 Å². The van der Waals surface area contributed by atoms with Gasteiger partial charge in [0.05, 0.1) is 12.8 Å². The number of fused-ring (bicyclic) bond motifs is 2. The topological polar surface area (TPSA) is 52.7 Å². The standard InChI is InChI=1S/C18H23N3O2/c22-17-11-14-5-4-13(9-16(14)19-17)10-18(23)21-8-7-20-6-2-1-3-15(20)12-21/h4-5,9,15H,1-3,6-8,10-12H2,(H,19,22). The molecule has 0 saturated carbocycles. The van der Waals surface area contributed by atoms with Crippen LogP contribution in [0.25, 0.3) is 0 Å². The summed E-state index contributed by atoms with van der Waals surface area (Å²) in [6, 6.07) is 6.46. The highest BCUT2D eigenvalue weighted by Crippen LogP contribution is 2.25. The second kappa shape index (κ2) is 5.96. The summed E-state index contributed by atoms with van der Waals surface area (Å²) >= 11 is 0. The van der Waals surface area contributed by atoms with Gasteiger partial charge in [0.15, 0.2) is 0 Å². The summed E-state index contributed by atoms with van der Waals surface area (Å²) in [7, 11) is 0. The first-order valence-corrected chi connectivity index (χ1v) is 8.62. The average Bonchev–Trinajstić information content (AvgIpc) is 2.93. The van der Waals surface area contributed by atoms with Crippen LogP contribution in [0.4, 0.5) is 5.69 Å². The van der Waals surface area contributed by atoms with Gasteiger partial charge in [0.1, 0.15) is 0 Å². The Balaban J connectivity index is 1.40. The molecular weight excluding hydrogens is 290 g/mol. The van der Waals surface area contributed by atoms with Gasteiger partial charge >= 0.3 is 0 Å². The fourth-order valence-corrected chi connectivity index (χ4v) is 4.04. The number of nitrogens with one attached hydrogen (secondary N) is 1. The van der Waals surface area contributed by atoms with E-state index < -0.39 is 0 Å². The summed E-state index contributed by atoms with van der Waals surface area (Å²) in [5.41, 5.74) is 2.89. The molecule has 0 spiro atoms. The molecule has 4 rings (SSSR count). The summed E-state index contributed by atoms with van der Waals surface area (Å²) in [5.74, 6) is 0.247. The van der Waals surface area contributed by atoms with Gasteiger partial charge in [-0.3, -0.25) is 14.5 Å². The van der Waals surface area contributed by atoms with Gasteiger partial charge in [-0.2, -0.15) is 0 Å². The minimum atomic E-state index is 0.0388. The van der Waals surface area contributed by atoms with Crippen molar-refractivity contribution in [2.24, 2.45) is 0 Å². The summed E-state index contributed by atoms with van der Waals surface area (Å²) in [4.78, 5) is 28.6. The lowest BCUT2D eigenvalue weighted by molar-refractivity contribution is -0.134. The Morgan fingerprint density at radius 3 is 3.04 bits per heavy atom. The first-order valence-electron chi connectivity index (χ1n) is 8.62. The van der Waals surface area contributed by atoms with Crippen molar-refractivity contribution >= 4 is 17.5 Å². The summed E-state index contributed by atoms with van der Waals surface area (Å²) < 4.78 is 0. The van der Waals surface area contributed by atoms with Gasteiger partial charge in [0, 0.05) is 31.4 Å². The Morgan fingerprint density at radius 1 is 1.22 bits per heavy atom. The van der Waals surface area contributed by atoms with Crippen LogP contribution in [0.15, 0.2) is 18.2 Å². The highest BCUT2D eigenvalue weighted by molar-refractivity contribution is 5.99. The third kappa shape index (κ3) is 2.98. The minimum Gasteiger partial charge on any atom is -0.340 e. The number of piperidine rings is 1. The number of carbonyl (C=O) groups excluding carboxylic acids is 2. The summed E-state index contributed by atoms with van der Waals surface area (Å²) in [6.07, 6.45) is 4.68. The molecule has 0 radical (unpaired) electrons. The zero-order chi connectivity index (χ0) is 15.8. The first-order chi connectivity index (χ1) is 11.2. The van der Waals surface area contributed by atoms with Gasteiger partial charge in [-0.25, -0.2) is 0 Å². The highest BCUT2D eigenvalue weighted by atomic mass is 16.2. The lowest BCUT2D eigenvalue weighted by atomic mass is 9.99. The number of nitrogens with zero attached hydrogens (tertiary/aromatic N) is 2. The number of benzene rings is 1. The first kappa shape index (κ1) is 14.7. The number of amides is 2. The van der Waals surface area contributed by atoms with Crippen LogP contribution in [0.2, 0.25) is 0 Å². The van der Waals surface area contributed by atoms with Crippen LogP contribution in [0.5, 0.6) is 0 Å². The van der Waals surface area contributed by atoms with Crippen molar-refractivity contribution in [1.82, 2.24) is 9.80 Å². The van der Waals surface area contributed by atoms with E-state index >= 15 is 0 Å². The SMILES string of the molecule is O=C1Cc2ccc(CC(=O)N3CCN4CCCCC4C3)cc2N1. The third-order valence-corrected chi connectivity index (χ3v) is 5.34. The number of hydrogen-bond donors (Lipinski definition) is 1. The van der Waals surface area contributed by atoms with Crippen molar-refractivity contribution in [2.45, 2.75) is 38.1 Å². The maximum Gasteiger partial charge on any atom is 0.228 e. The molecule has 0 bridgehead atoms. The van der Waals surface area contributed by atoms with Crippen LogP contribution in [-0.2, 0) is 22.4 Å². The predicted molar refractivity (Wildman–Crippen MR) is 88.3 cm³/mol. The zero-order valence-electron chi connectivity index (χ0n) is 13.4. The van der Waals surface area contributed by atoms with Gasteiger partial charge in [-0.05, 0) is 36.6 Å². The molecule has 2 saturated heterocycles. The molecule has 1 N–H and O–H groups in total. The lowest BCUT2D eigenvalue weighted by Crippen LogP contribution is -2.56. The fraction of sp³-hybridized carbons (Fsp3) is 0.556. The van der Waals surface area contributed by atoms with Gasteiger partial charge in [0.2, 0.25) is 11.8 Å². The molecule has 3 heterocycles. The van der Waals surface area contributed by atoms with Crippen LogP contribution >= 0.6 is 0 Å². The fourth-order valence-electron chi connectivity index (χ4n) is 4.04. The second-order valence-electron chi connectivity index (χ2n) is 6.92. The number of anilines is 1. The molecule has 3 aliphatic heterocycles. The van der Waals surface area contributed by atoms with Gasteiger partial charge in [0.25, 0.3) is 0 Å². The molecule has 5 heteroatoms. The molecule has 2 fully saturated rings. The van der Waals surface area contributed by atoms with Crippen LogP contribution in [0.3, 0.4) is 0 Å². The van der Waals surface area contributed by atoms with Crippen molar-refractivity contribution in [2.75, 3.05) is 31.5 Å². The largest absolute Gasteiger partial charge is 0.340 e. The molecule has 1 atom stereocenters. The van der Waals surface area contributed by atoms with E-state index in [-0.39, 0.29) is 11.8 Å². The quantitative estimate of drug-likeness (QED) is 0.898. The van der Waals surface area contributed by atoms with E-state index in [1.807, 2.05) is 23.1 Å². The van der Waals surface area contributed by atoms with Crippen molar-refractivity contribution < 1.29 is 9.59 Å². The van der Waals surface area contributed by atoms with Gasteiger partial charge in [-0.1, -0.05) is 18.6 Å². The van der Waals surface area contributed by atoms with E-state index in [2.05, 4.69) is 10.2 Å². The molecule has 1 unspecified atom stereocenters. The van der Waals surface area contributed by atoms with E-state index in [0.717, 1.165) is 36.4 Å². The monoisotopic (exact) mass is 313 g/mol. The molecule has 5 nitrogen and oxygen atoms in total. The van der Waals surface area contributed by atoms with E-state index in [1.54, 1.807) is 0 Å². The normalized spacial score (nSPS) is 24.1. The molecular formula is C18H23N3O2. The summed E-state index contributed by atoms with van der Waals surface area (Å²) in [5, 5.41) is 2.86. The van der Waals surface area contributed by atoms with Crippen LogP contribution < -0.4 is 5.32 Å². The third-order valence-electron chi connectivity index (χ3n) is 5.34. The van der Waals surface area contributed by atoms with Gasteiger partial charge in [-0.15, -0.1) is 0 Å². The van der Waals surface area contributed by atoms with E-state index in [0.29, 0.717) is 18.9 Å². The van der Waals surface area contributed by atoms with Crippen molar-refractivity contribution in [3.63, 3.8) is 0 Å². The van der Waals surface area contributed by atoms with Crippen molar-refractivity contribution in [1.29, 1.82) is 0 Å².